The molecule has 2 aliphatic heterocycles. The van der Waals surface area contributed by atoms with Crippen LogP contribution in [0.5, 0.6) is 5.75 Å². The van der Waals surface area contributed by atoms with Gasteiger partial charge in [-0.25, -0.2) is 14.8 Å². The fourth-order valence-corrected chi connectivity index (χ4v) is 7.79. The molecule has 5 N–H and O–H groups in total. The summed E-state index contributed by atoms with van der Waals surface area (Å²) in [7, 11) is 0. The highest BCUT2D eigenvalue weighted by molar-refractivity contribution is 6.30. The Morgan fingerprint density at radius 1 is 1.16 bits per heavy atom. The smallest absolute Gasteiger partial charge is 0.226 e. The van der Waals surface area contributed by atoms with E-state index in [1.165, 1.54) is 63.5 Å². The average molecular weight is 550 g/mol. The van der Waals surface area contributed by atoms with E-state index >= 15 is 0 Å². The number of hydrogen-bond acceptors (Lipinski definition) is 7. The van der Waals surface area contributed by atoms with Gasteiger partial charge in [-0.1, -0.05) is 50.1 Å². The SMILES string of the molecule is O=C(NC12CC(NC(O)COc3ccc(Cl)c(F)c3)(C1)C2)C1CNC2CC3(CCCCCCCC3)NN2C1. The van der Waals surface area contributed by atoms with Crippen molar-refractivity contribution >= 4 is 17.5 Å². The van der Waals surface area contributed by atoms with Crippen LogP contribution in [-0.2, 0) is 4.79 Å². The van der Waals surface area contributed by atoms with Gasteiger partial charge in [0.05, 0.1) is 17.1 Å². The summed E-state index contributed by atoms with van der Waals surface area (Å²) in [5.74, 6) is -0.194. The summed E-state index contributed by atoms with van der Waals surface area (Å²) in [6.45, 7) is 1.46. The number of hydrogen-bond donors (Lipinski definition) is 5. The monoisotopic (exact) mass is 549 g/mol. The number of benzene rings is 1. The highest BCUT2D eigenvalue weighted by atomic mass is 35.5. The second-order valence-electron chi connectivity index (χ2n) is 12.6. The molecular formula is C28H41ClFN5O3. The van der Waals surface area contributed by atoms with Crippen molar-refractivity contribution in [3.05, 3.63) is 29.0 Å². The molecule has 6 fully saturated rings. The third-order valence-corrected chi connectivity index (χ3v) is 9.79. The summed E-state index contributed by atoms with van der Waals surface area (Å²) in [6.07, 6.45) is 13.4. The Morgan fingerprint density at radius 3 is 2.58 bits per heavy atom. The van der Waals surface area contributed by atoms with Crippen LogP contribution in [0.25, 0.3) is 0 Å². The Hall–Kier alpha value is -1.49. The Bertz CT molecular complexity index is 1010. The van der Waals surface area contributed by atoms with E-state index in [0.29, 0.717) is 18.5 Å². The molecular weight excluding hydrogens is 509 g/mol. The Morgan fingerprint density at radius 2 is 1.87 bits per heavy atom. The van der Waals surface area contributed by atoms with E-state index in [-0.39, 0.29) is 40.1 Å². The van der Waals surface area contributed by atoms with Gasteiger partial charge in [0.1, 0.15) is 24.4 Å². The fourth-order valence-electron chi connectivity index (χ4n) is 7.67. The standard InChI is InChI=1S/C28H41ClFN5O3/c29-21-8-7-20(11-22(21)30)38-15-24(36)32-27-16-28(17-27,18-27)33-25(37)19-13-31-23-12-26(34-35(23)14-19)9-5-3-1-2-4-6-10-26/h7-8,11,19,23-24,31-32,34,36H,1-6,9-10,12-18H2,(H,33,37). The molecule has 2 saturated heterocycles. The van der Waals surface area contributed by atoms with Gasteiger partial charge in [0.15, 0.2) is 0 Å². The zero-order valence-corrected chi connectivity index (χ0v) is 22.8. The van der Waals surface area contributed by atoms with Crippen LogP contribution >= 0.6 is 11.6 Å². The van der Waals surface area contributed by atoms with Gasteiger partial charge in [-0.2, -0.15) is 0 Å². The Kier molecular flexibility index (Phi) is 7.37. The third-order valence-electron chi connectivity index (χ3n) is 9.48. The molecule has 10 heteroatoms. The molecule has 6 aliphatic rings. The average Bonchev–Trinajstić information content (AvgIpc) is 3.26. The van der Waals surface area contributed by atoms with Gasteiger partial charge in [-0.15, -0.1) is 0 Å². The summed E-state index contributed by atoms with van der Waals surface area (Å²) in [4.78, 5) is 13.2. The fraction of sp³-hybridized carbons (Fsp3) is 0.750. The van der Waals surface area contributed by atoms with Crippen molar-refractivity contribution in [1.29, 1.82) is 0 Å². The summed E-state index contributed by atoms with van der Waals surface area (Å²) in [5, 5.41) is 23.0. The molecule has 3 unspecified atom stereocenters. The number of carbonyl (C=O) groups is 1. The first-order valence-electron chi connectivity index (χ1n) is 14.4. The molecule has 210 valence electrons. The van der Waals surface area contributed by atoms with Gasteiger partial charge in [-0.05, 0) is 50.7 Å². The number of hydrazine groups is 1. The maximum absolute atomic E-state index is 13.6. The van der Waals surface area contributed by atoms with Crippen molar-refractivity contribution in [2.75, 3.05) is 19.7 Å². The van der Waals surface area contributed by atoms with Crippen LogP contribution < -0.4 is 26.1 Å². The molecule has 2 bridgehead atoms. The predicted molar refractivity (Wildman–Crippen MR) is 143 cm³/mol. The van der Waals surface area contributed by atoms with Crippen molar-refractivity contribution in [3.8, 4) is 5.75 Å². The minimum absolute atomic E-state index is 0.00141. The third kappa shape index (κ3) is 5.43. The minimum Gasteiger partial charge on any atom is -0.489 e. The molecule has 4 saturated carbocycles. The van der Waals surface area contributed by atoms with E-state index in [2.05, 4.69) is 26.4 Å². The topological polar surface area (TPSA) is 97.9 Å². The van der Waals surface area contributed by atoms with Gasteiger partial charge >= 0.3 is 0 Å². The predicted octanol–water partition coefficient (Wildman–Crippen LogP) is 3.19. The van der Waals surface area contributed by atoms with E-state index in [9.17, 15) is 14.3 Å². The molecule has 8 nitrogen and oxygen atoms in total. The lowest BCUT2D eigenvalue weighted by Crippen LogP contribution is -2.84. The van der Waals surface area contributed by atoms with Crippen LogP contribution in [0.3, 0.4) is 0 Å². The minimum atomic E-state index is -0.881. The zero-order chi connectivity index (χ0) is 26.4. The van der Waals surface area contributed by atoms with Crippen LogP contribution in [-0.4, -0.2) is 64.7 Å². The van der Waals surface area contributed by atoms with Crippen LogP contribution in [0.15, 0.2) is 18.2 Å². The van der Waals surface area contributed by atoms with Crippen LogP contribution in [0.4, 0.5) is 4.39 Å². The lowest BCUT2D eigenvalue weighted by Gasteiger charge is -2.71. The molecule has 1 aromatic carbocycles. The molecule has 1 spiro atoms. The van der Waals surface area contributed by atoms with Gasteiger partial charge in [0, 0.05) is 35.8 Å². The first-order chi connectivity index (χ1) is 18.3. The highest BCUT2D eigenvalue weighted by Crippen LogP contribution is 2.60. The maximum Gasteiger partial charge on any atom is 0.226 e. The number of fused-ring (bicyclic) bond motifs is 1. The quantitative estimate of drug-likeness (QED) is 0.333. The largest absolute Gasteiger partial charge is 0.489 e. The molecule has 3 atom stereocenters. The van der Waals surface area contributed by atoms with Crippen molar-refractivity contribution < 1.29 is 19.0 Å². The number of nitrogens with one attached hydrogen (secondary N) is 4. The van der Waals surface area contributed by atoms with E-state index in [1.807, 2.05) is 0 Å². The van der Waals surface area contributed by atoms with Gasteiger partial charge in [0.25, 0.3) is 0 Å². The maximum atomic E-state index is 13.6. The number of carbonyl (C=O) groups excluding carboxylic acids is 1. The highest BCUT2D eigenvalue weighted by Gasteiger charge is 2.69. The molecule has 1 amide bonds. The summed E-state index contributed by atoms with van der Waals surface area (Å²) in [5.41, 5.74) is 3.71. The lowest BCUT2D eigenvalue weighted by molar-refractivity contribution is -0.155. The number of aliphatic hydroxyl groups excluding tert-OH is 1. The molecule has 0 aromatic heterocycles. The van der Waals surface area contributed by atoms with Crippen molar-refractivity contribution in [1.82, 2.24) is 26.4 Å². The molecule has 2 heterocycles. The first kappa shape index (κ1) is 26.7. The molecule has 7 rings (SSSR count). The van der Waals surface area contributed by atoms with Crippen molar-refractivity contribution in [3.63, 3.8) is 0 Å². The van der Waals surface area contributed by atoms with E-state index in [4.69, 9.17) is 16.3 Å². The molecule has 4 aliphatic carbocycles. The normalized spacial score (nSPS) is 35.1. The number of ether oxygens (including phenoxy) is 1. The van der Waals surface area contributed by atoms with Crippen LogP contribution in [0.1, 0.15) is 77.0 Å². The van der Waals surface area contributed by atoms with Crippen LogP contribution in [0, 0.1) is 11.7 Å². The Labute approximate surface area is 229 Å². The number of halogens is 2. The van der Waals surface area contributed by atoms with Crippen molar-refractivity contribution in [2.24, 2.45) is 5.92 Å². The van der Waals surface area contributed by atoms with Crippen LogP contribution in [0.2, 0.25) is 5.02 Å². The Balaban J connectivity index is 0.944. The van der Waals surface area contributed by atoms with E-state index in [0.717, 1.165) is 32.2 Å². The second-order valence-corrected chi connectivity index (χ2v) is 13.0. The molecule has 0 radical (unpaired) electrons. The van der Waals surface area contributed by atoms with Crippen molar-refractivity contribution in [2.45, 2.75) is 106 Å². The summed E-state index contributed by atoms with van der Waals surface area (Å²) in [6, 6.07) is 4.21. The lowest BCUT2D eigenvalue weighted by atomic mass is 9.44. The van der Waals surface area contributed by atoms with Gasteiger partial charge in [-0.3, -0.25) is 15.4 Å². The number of amides is 1. The number of nitrogens with zero attached hydrogens (tertiary/aromatic N) is 1. The summed E-state index contributed by atoms with van der Waals surface area (Å²) < 4.78 is 19.1. The van der Waals surface area contributed by atoms with E-state index in [1.54, 1.807) is 6.07 Å². The number of aliphatic hydroxyl groups is 1. The van der Waals surface area contributed by atoms with Gasteiger partial charge in [0.2, 0.25) is 5.91 Å². The molecule has 38 heavy (non-hydrogen) atoms. The second kappa shape index (κ2) is 10.5. The van der Waals surface area contributed by atoms with E-state index < -0.39 is 12.0 Å². The number of rotatable bonds is 7. The zero-order valence-electron chi connectivity index (χ0n) is 22.0. The summed E-state index contributed by atoms with van der Waals surface area (Å²) >= 11 is 5.70. The first-order valence-corrected chi connectivity index (χ1v) is 14.8. The van der Waals surface area contributed by atoms with Gasteiger partial charge < -0.3 is 15.2 Å². The molecule has 1 aromatic rings.